The summed E-state index contributed by atoms with van der Waals surface area (Å²) in [4.78, 5) is 29.0. The molecule has 7 nitrogen and oxygen atoms in total. The number of carbonyl (C=O) groups excluding carboxylic acids is 2. The van der Waals surface area contributed by atoms with Gasteiger partial charge >= 0.3 is 6.09 Å². The average Bonchev–Trinajstić information content (AvgIpc) is 2.83. The molecule has 0 bridgehead atoms. The Bertz CT molecular complexity index is 692. The standard InChI is InChI=1S/C25H41N3O4/c1-4-14-27(15-5-2)24(29)22-11-9-16-28(20-22)25(30)32-17-7-6-13-26-19-21-10-8-12-23(18-21)31-3/h8,10,12,18,22,26H,4-7,9,11,13-17,19-20H2,1-3H3. The monoisotopic (exact) mass is 447 g/mol. The van der Waals surface area contributed by atoms with Gasteiger partial charge in [-0.05, 0) is 62.8 Å². The molecule has 1 aliphatic rings. The number of ether oxygens (including phenoxy) is 2. The van der Waals surface area contributed by atoms with E-state index in [0.29, 0.717) is 19.7 Å². The van der Waals surface area contributed by atoms with Crippen molar-refractivity contribution < 1.29 is 19.1 Å². The summed E-state index contributed by atoms with van der Waals surface area (Å²) in [6.07, 6.45) is 5.08. The first-order valence-corrected chi connectivity index (χ1v) is 12.1. The highest BCUT2D eigenvalue weighted by atomic mass is 16.6. The number of hydrogen-bond acceptors (Lipinski definition) is 5. The van der Waals surface area contributed by atoms with E-state index in [4.69, 9.17) is 9.47 Å². The fourth-order valence-electron chi connectivity index (χ4n) is 4.09. The van der Waals surface area contributed by atoms with Crippen molar-refractivity contribution in [1.82, 2.24) is 15.1 Å². The predicted octanol–water partition coefficient (Wildman–Crippen LogP) is 4.06. The van der Waals surface area contributed by atoms with E-state index in [9.17, 15) is 9.59 Å². The van der Waals surface area contributed by atoms with Gasteiger partial charge in [0.2, 0.25) is 5.91 Å². The van der Waals surface area contributed by atoms with Gasteiger partial charge in [0.1, 0.15) is 5.75 Å². The van der Waals surface area contributed by atoms with Crippen molar-refractivity contribution in [3.8, 4) is 5.75 Å². The van der Waals surface area contributed by atoms with Gasteiger partial charge in [-0.25, -0.2) is 4.79 Å². The third-order valence-electron chi connectivity index (χ3n) is 5.76. The Morgan fingerprint density at radius 3 is 2.69 bits per heavy atom. The Hall–Kier alpha value is -2.28. The van der Waals surface area contributed by atoms with Gasteiger partial charge in [-0.15, -0.1) is 0 Å². The zero-order valence-electron chi connectivity index (χ0n) is 20.1. The molecule has 0 spiro atoms. The molecule has 0 aliphatic carbocycles. The topological polar surface area (TPSA) is 71.1 Å². The van der Waals surface area contributed by atoms with E-state index < -0.39 is 0 Å². The van der Waals surface area contributed by atoms with Crippen LogP contribution in [0.1, 0.15) is 57.9 Å². The van der Waals surface area contributed by atoms with Crippen molar-refractivity contribution in [3.05, 3.63) is 29.8 Å². The summed E-state index contributed by atoms with van der Waals surface area (Å²) in [7, 11) is 1.67. The first-order valence-electron chi connectivity index (χ1n) is 12.1. The molecule has 1 unspecified atom stereocenters. The van der Waals surface area contributed by atoms with Gasteiger partial charge in [-0.1, -0.05) is 26.0 Å². The Labute approximate surface area is 193 Å². The highest BCUT2D eigenvalue weighted by molar-refractivity contribution is 5.80. The van der Waals surface area contributed by atoms with E-state index in [1.165, 1.54) is 5.56 Å². The molecule has 1 saturated heterocycles. The van der Waals surface area contributed by atoms with E-state index >= 15 is 0 Å². The molecule has 0 saturated carbocycles. The fraction of sp³-hybridized carbons (Fsp3) is 0.680. The van der Waals surface area contributed by atoms with Crippen LogP contribution < -0.4 is 10.1 Å². The van der Waals surface area contributed by atoms with Gasteiger partial charge in [0, 0.05) is 32.7 Å². The van der Waals surface area contributed by atoms with Gasteiger partial charge < -0.3 is 24.6 Å². The van der Waals surface area contributed by atoms with Crippen molar-refractivity contribution in [2.24, 2.45) is 5.92 Å². The maximum atomic E-state index is 12.9. The first kappa shape index (κ1) is 26.0. The van der Waals surface area contributed by atoms with Crippen LogP contribution in [0.4, 0.5) is 4.79 Å². The van der Waals surface area contributed by atoms with Crippen LogP contribution in [0.3, 0.4) is 0 Å². The second-order valence-electron chi connectivity index (χ2n) is 8.46. The SMILES string of the molecule is CCCN(CCC)C(=O)C1CCCN(C(=O)OCCCCNCc2cccc(OC)c2)C1. The molecule has 1 fully saturated rings. The molecule has 1 atom stereocenters. The number of likely N-dealkylation sites (tertiary alicyclic amines) is 1. The molecule has 1 aliphatic heterocycles. The van der Waals surface area contributed by atoms with Gasteiger partial charge in [0.05, 0.1) is 19.6 Å². The Morgan fingerprint density at radius 1 is 1.19 bits per heavy atom. The maximum absolute atomic E-state index is 12.9. The zero-order valence-corrected chi connectivity index (χ0v) is 20.1. The minimum absolute atomic E-state index is 0.102. The number of benzene rings is 1. The number of hydrogen-bond donors (Lipinski definition) is 1. The lowest BCUT2D eigenvalue weighted by molar-refractivity contribution is -0.137. The molecule has 1 aromatic rings. The van der Waals surface area contributed by atoms with E-state index in [2.05, 4.69) is 25.2 Å². The number of nitrogens with zero attached hydrogens (tertiary/aromatic N) is 2. The molecule has 180 valence electrons. The largest absolute Gasteiger partial charge is 0.497 e. The third kappa shape index (κ3) is 8.69. The lowest BCUT2D eigenvalue weighted by atomic mass is 9.96. The minimum atomic E-state index is -0.288. The van der Waals surface area contributed by atoms with Crippen molar-refractivity contribution in [2.45, 2.75) is 58.9 Å². The quantitative estimate of drug-likeness (QED) is 0.462. The van der Waals surface area contributed by atoms with E-state index in [0.717, 1.165) is 70.5 Å². The van der Waals surface area contributed by atoms with Crippen molar-refractivity contribution in [1.29, 1.82) is 0 Å². The van der Waals surface area contributed by atoms with Crippen molar-refractivity contribution >= 4 is 12.0 Å². The lowest BCUT2D eigenvalue weighted by Gasteiger charge is -2.34. The maximum Gasteiger partial charge on any atom is 0.409 e. The van der Waals surface area contributed by atoms with E-state index in [1.807, 2.05) is 23.1 Å². The minimum Gasteiger partial charge on any atom is -0.497 e. The second kappa shape index (κ2) is 14.7. The second-order valence-corrected chi connectivity index (χ2v) is 8.46. The molecule has 1 N–H and O–H groups in total. The number of nitrogens with one attached hydrogen (secondary N) is 1. The molecule has 1 heterocycles. The molecule has 0 radical (unpaired) electrons. The van der Waals surface area contributed by atoms with Crippen LogP contribution in [-0.4, -0.2) is 68.2 Å². The van der Waals surface area contributed by atoms with Crippen LogP contribution in [0, 0.1) is 5.92 Å². The van der Waals surface area contributed by atoms with Gasteiger partial charge in [-0.2, -0.15) is 0 Å². The number of amides is 2. The molecule has 32 heavy (non-hydrogen) atoms. The smallest absolute Gasteiger partial charge is 0.409 e. The highest BCUT2D eigenvalue weighted by Crippen LogP contribution is 2.20. The molecule has 0 aromatic heterocycles. The van der Waals surface area contributed by atoms with Crippen LogP contribution in [0.25, 0.3) is 0 Å². The van der Waals surface area contributed by atoms with Crippen LogP contribution in [0.2, 0.25) is 0 Å². The number of piperidine rings is 1. The summed E-state index contributed by atoms with van der Waals surface area (Å²) in [5.74, 6) is 0.949. The molecular weight excluding hydrogens is 406 g/mol. The number of methoxy groups -OCH3 is 1. The molecule has 1 aromatic carbocycles. The van der Waals surface area contributed by atoms with Gasteiger partial charge in [0.25, 0.3) is 0 Å². The summed E-state index contributed by atoms with van der Waals surface area (Å²) in [5.41, 5.74) is 1.18. The number of carbonyl (C=O) groups is 2. The summed E-state index contributed by atoms with van der Waals surface area (Å²) in [6.45, 7) is 8.97. The number of unbranched alkanes of at least 4 members (excludes halogenated alkanes) is 1. The van der Waals surface area contributed by atoms with Crippen LogP contribution in [0.5, 0.6) is 5.75 Å². The molecule has 2 amide bonds. The Morgan fingerprint density at radius 2 is 1.97 bits per heavy atom. The van der Waals surface area contributed by atoms with E-state index in [-0.39, 0.29) is 17.9 Å². The lowest BCUT2D eigenvalue weighted by Crippen LogP contribution is -2.47. The van der Waals surface area contributed by atoms with Crippen LogP contribution in [0.15, 0.2) is 24.3 Å². The average molecular weight is 448 g/mol. The van der Waals surface area contributed by atoms with E-state index in [1.54, 1.807) is 12.0 Å². The molecule has 7 heteroatoms. The summed E-state index contributed by atoms with van der Waals surface area (Å²) < 4.78 is 10.7. The van der Waals surface area contributed by atoms with Crippen molar-refractivity contribution in [3.63, 3.8) is 0 Å². The van der Waals surface area contributed by atoms with Crippen LogP contribution >= 0.6 is 0 Å². The van der Waals surface area contributed by atoms with Gasteiger partial charge in [0.15, 0.2) is 0 Å². The molecule has 2 rings (SSSR count). The summed E-state index contributed by atoms with van der Waals surface area (Å²) in [6, 6.07) is 8.01. The Kier molecular flexibility index (Phi) is 11.9. The summed E-state index contributed by atoms with van der Waals surface area (Å²) in [5, 5.41) is 3.41. The first-order chi connectivity index (χ1) is 15.6. The third-order valence-corrected chi connectivity index (χ3v) is 5.76. The Balaban J connectivity index is 1.63. The normalized spacial score (nSPS) is 16.0. The zero-order chi connectivity index (χ0) is 23.2. The fourth-order valence-corrected chi connectivity index (χ4v) is 4.09. The van der Waals surface area contributed by atoms with Crippen molar-refractivity contribution in [2.75, 3.05) is 46.4 Å². The predicted molar refractivity (Wildman–Crippen MR) is 127 cm³/mol. The number of rotatable bonds is 13. The van der Waals surface area contributed by atoms with Crippen LogP contribution in [-0.2, 0) is 16.1 Å². The molecular formula is C25H41N3O4. The van der Waals surface area contributed by atoms with Gasteiger partial charge in [-0.3, -0.25) is 4.79 Å². The highest BCUT2D eigenvalue weighted by Gasteiger charge is 2.31. The summed E-state index contributed by atoms with van der Waals surface area (Å²) >= 11 is 0.